The van der Waals surface area contributed by atoms with Gasteiger partial charge in [-0.3, -0.25) is 19.3 Å². The minimum Gasteiger partial charge on any atom is -0.494 e. The van der Waals surface area contributed by atoms with Crippen LogP contribution in [0.5, 0.6) is 5.75 Å². The molecule has 1 atom stereocenters. The van der Waals surface area contributed by atoms with E-state index in [-0.39, 0.29) is 12.1 Å². The number of fused-ring (bicyclic) bond motifs is 1. The number of carbonyl (C=O) groups is 3. The van der Waals surface area contributed by atoms with Crippen molar-refractivity contribution in [1.29, 1.82) is 0 Å². The highest BCUT2D eigenvalue weighted by Crippen LogP contribution is 2.45. The number of anilines is 2. The van der Waals surface area contributed by atoms with Gasteiger partial charge in [-0.05, 0) is 118 Å². The van der Waals surface area contributed by atoms with Crippen molar-refractivity contribution in [3.05, 3.63) is 58.0 Å². The highest BCUT2D eigenvalue weighted by molar-refractivity contribution is 8.18. The number of imide groups is 1. The van der Waals surface area contributed by atoms with E-state index in [1.54, 1.807) is 30.3 Å². The lowest BCUT2D eigenvalue weighted by Gasteiger charge is -2.47. The van der Waals surface area contributed by atoms with Gasteiger partial charge in [-0.1, -0.05) is 6.92 Å². The van der Waals surface area contributed by atoms with Crippen LogP contribution in [0.2, 0.25) is 0 Å². The first kappa shape index (κ1) is 26.8. The second-order valence-electron chi connectivity index (χ2n) is 10.2. The Balaban J connectivity index is 1.51. The zero-order chi connectivity index (χ0) is 26.9. The second kappa shape index (κ2) is 10.6. The van der Waals surface area contributed by atoms with Crippen LogP contribution in [0.25, 0.3) is 6.08 Å². The number of nitrogens with one attached hydrogen (secondary N) is 1. The maximum atomic E-state index is 13.1. The lowest BCUT2D eigenvalue weighted by Crippen LogP contribution is -2.48. The van der Waals surface area contributed by atoms with Gasteiger partial charge in [0.05, 0.1) is 11.5 Å². The SMILES string of the molecule is CCOc1ccc(NC(=O)CN2C(=O)S/C(=C\c3cc4c(cc3C)N(CC)C(C)(C)C[C@@H]4C)C2=O)cc1. The highest BCUT2D eigenvalue weighted by atomic mass is 32.2. The summed E-state index contributed by atoms with van der Waals surface area (Å²) in [5, 5.41) is 2.29. The largest absolute Gasteiger partial charge is 0.494 e. The molecule has 0 aliphatic carbocycles. The molecule has 1 N–H and O–H groups in total. The van der Waals surface area contributed by atoms with E-state index in [0.717, 1.165) is 40.8 Å². The number of ether oxygens (including phenoxy) is 1. The first-order valence-electron chi connectivity index (χ1n) is 12.7. The lowest BCUT2D eigenvalue weighted by atomic mass is 9.79. The average molecular weight is 522 g/mol. The number of rotatable bonds is 7. The van der Waals surface area contributed by atoms with E-state index in [9.17, 15) is 14.4 Å². The predicted octanol–water partition coefficient (Wildman–Crippen LogP) is 6.18. The molecule has 0 radical (unpaired) electrons. The summed E-state index contributed by atoms with van der Waals surface area (Å²) < 4.78 is 5.41. The van der Waals surface area contributed by atoms with Crippen LogP contribution in [-0.2, 0) is 9.59 Å². The topological polar surface area (TPSA) is 79.0 Å². The van der Waals surface area contributed by atoms with Gasteiger partial charge in [0.15, 0.2) is 0 Å². The van der Waals surface area contributed by atoms with E-state index in [0.29, 0.717) is 28.9 Å². The standard InChI is InChI=1S/C29H35N3O4S/c1-7-32-24-13-18(3)20(14-23(24)19(4)16-29(32,5)6)15-25-27(34)31(28(35)37-25)17-26(33)30-21-9-11-22(12-10-21)36-8-2/h9-15,19H,7-8,16-17H2,1-6H3,(H,30,33)/b25-15-/t19-/m0/s1. The summed E-state index contributed by atoms with van der Waals surface area (Å²) in [4.78, 5) is 42.1. The second-order valence-corrected chi connectivity index (χ2v) is 11.2. The zero-order valence-electron chi connectivity index (χ0n) is 22.4. The third kappa shape index (κ3) is 5.54. The van der Waals surface area contributed by atoms with Crippen molar-refractivity contribution in [3.8, 4) is 5.75 Å². The molecule has 196 valence electrons. The molecule has 0 spiro atoms. The summed E-state index contributed by atoms with van der Waals surface area (Å²) in [5.74, 6) is 0.198. The van der Waals surface area contributed by atoms with E-state index >= 15 is 0 Å². The lowest BCUT2D eigenvalue weighted by molar-refractivity contribution is -0.127. The van der Waals surface area contributed by atoms with Crippen LogP contribution in [0, 0.1) is 6.92 Å². The predicted molar refractivity (Wildman–Crippen MR) is 150 cm³/mol. The Labute approximate surface area is 223 Å². The maximum Gasteiger partial charge on any atom is 0.294 e. The molecule has 1 fully saturated rings. The van der Waals surface area contributed by atoms with E-state index in [2.05, 4.69) is 50.0 Å². The molecule has 0 bridgehead atoms. The number of benzene rings is 2. The highest BCUT2D eigenvalue weighted by Gasteiger charge is 2.38. The van der Waals surface area contributed by atoms with E-state index in [1.807, 2.05) is 13.8 Å². The minimum absolute atomic E-state index is 0.0731. The van der Waals surface area contributed by atoms with Gasteiger partial charge < -0.3 is 15.0 Å². The first-order valence-corrected chi connectivity index (χ1v) is 13.6. The van der Waals surface area contributed by atoms with Crippen molar-refractivity contribution < 1.29 is 19.1 Å². The fourth-order valence-electron chi connectivity index (χ4n) is 5.33. The molecule has 3 amide bonds. The van der Waals surface area contributed by atoms with Crippen LogP contribution in [0.1, 0.15) is 63.6 Å². The van der Waals surface area contributed by atoms with Gasteiger partial charge in [0.2, 0.25) is 5.91 Å². The van der Waals surface area contributed by atoms with Crippen molar-refractivity contribution in [1.82, 2.24) is 4.90 Å². The Kier molecular flexibility index (Phi) is 7.69. The summed E-state index contributed by atoms with van der Waals surface area (Å²) in [6.45, 7) is 14.0. The maximum absolute atomic E-state index is 13.1. The normalized spacial score (nSPS) is 19.8. The Hall–Kier alpha value is -3.26. The number of nitrogens with zero attached hydrogens (tertiary/aromatic N) is 2. The number of amides is 3. The van der Waals surface area contributed by atoms with E-state index in [4.69, 9.17) is 4.74 Å². The number of thioether (sulfide) groups is 1. The molecule has 2 aromatic carbocycles. The van der Waals surface area contributed by atoms with Crippen LogP contribution >= 0.6 is 11.8 Å². The molecule has 2 aromatic rings. The Bertz CT molecular complexity index is 1250. The third-order valence-electron chi connectivity index (χ3n) is 7.00. The smallest absolute Gasteiger partial charge is 0.294 e. The average Bonchev–Trinajstić information content (AvgIpc) is 3.08. The molecule has 0 saturated carbocycles. The summed E-state index contributed by atoms with van der Waals surface area (Å²) in [7, 11) is 0. The molecule has 1 saturated heterocycles. The third-order valence-corrected chi connectivity index (χ3v) is 7.91. The molecule has 7 nitrogen and oxygen atoms in total. The van der Waals surface area contributed by atoms with Gasteiger partial charge in [0.1, 0.15) is 12.3 Å². The van der Waals surface area contributed by atoms with Crippen molar-refractivity contribution in [2.24, 2.45) is 0 Å². The summed E-state index contributed by atoms with van der Waals surface area (Å²) in [6.07, 6.45) is 2.82. The Morgan fingerprint density at radius 2 is 1.89 bits per heavy atom. The molecule has 4 rings (SSSR count). The Morgan fingerprint density at radius 3 is 2.54 bits per heavy atom. The van der Waals surface area contributed by atoms with Gasteiger partial charge in [-0.15, -0.1) is 0 Å². The van der Waals surface area contributed by atoms with Crippen LogP contribution in [0.15, 0.2) is 41.3 Å². The van der Waals surface area contributed by atoms with Crippen LogP contribution in [0.3, 0.4) is 0 Å². The van der Waals surface area contributed by atoms with Gasteiger partial charge in [-0.25, -0.2) is 0 Å². The van der Waals surface area contributed by atoms with Crippen molar-refractivity contribution in [3.63, 3.8) is 0 Å². The fraction of sp³-hybridized carbons (Fsp3) is 0.414. The van der Waals surface area contributed by atoms with Crippen molar-refractivity contribution in [2.75, 3.05) is 29.9 Å². The molecule has 0 aromatic heterocycles. The number of hydrogen-bond acceptors (Lipinski definition) is 6. The van der Waals surface area contributed by atoms with Crippen LogP contribution < -0.4 is 15.0 Å². The molecule has 2 aliphatic heterocycles. The first-order chi connectivity index (χ1) is 17.5. The van der Waals surface area contributed by atoms with Crippen molar-refractivity contribution in [2.45, 2.75) is 59.4 Å². The molecule has 0 unspecified atom stereocenters. The monoisotopic (exact) mass is 521 g/mol. The van der Waals surface area contributed by atoms with Crippen LogP contribution in [0.4, 0.5) is 16.2 Å². The molecular formula is C29H35N3O4S. The minimum atomic E-state index is -0.446. The Morgan fingerprint density at radius 1 is 1.19 bits per heavy atom. The molecule has 8 heteroatoms. The molecule has 2 heterocycles. The van der Waals surface area contributed by atoms with E-state index in [1.165, 1.54) is 11.3 Å². The molecule has 37 heavy (non-hydrogen) atoms. The number of carbonyl (C=O) groups excluding carboxylic acids is 3. The summed E-state index contributed by atoms with van der Waals surface area (Å²) in [6, 6.07) is 11.3. The quantitative estimate of drug-likeness (QED) is 0.438. The van der Waals surface area contributed by atoms with Gasteiger partial charge >= 0.3 is 0 Å². The fourth-order valence-corrected chi connectivity index (χ4v) is 6.16. The van der Waals surface area contributed by atoms with Gasteiger partial charge in [0, 0.05) is 23.5 Å². The zero-order valence-corrected chi connectivity index (χ0v) is 23.2. The van der Waals surface area contributed by atoms with Gasteiger partial charge in [0.25, 0.3) is 11.1 Å². The molecule has 2 aliphatic rings. The van der Waals surface area contributed by atoms with Crippen molar-refractivity contribution >= 4 is 46.3 Å². The number of hydrogen-bond donors (Lipinski definition) is 1. The van der Waals surface area contributed by atoms with Crippen LogP contribution in [-0.4, -0.2) is 47.2 Å². The van der Waals surface area contributed by atoms with Gasteiger partial charge in [-0.2, -0.15) is 0 Å². The summed E-state index contributed by atoms with van der Waals surface area (Å²) in [5.41, 5.74) is 5.10. The number of aryl methyl sites for hydroxylation is 1. The van der Waals surface area contributed by atoms with E-state index < -0.39 is 17.1 Å². The molecular weight excluding hydrogens is 486 g/mol. The summed E-state index contributed by atoms with van der Waals surface area (Å²) >= 11 is 0.876.